The highest BCUT2D eigenvalue weighted by atomic mass is 32.2. The summed E-state index contributed by atoms with van der Waals surface area (Å²) in [5.41, 5.74) is 4.84. The van der Waals surface area contributed by atoms with Crippen LogP contribution in [0.5, 0.6) is 0 Å². The molecule has 0 amide bonds. The minimum atomic E-state index is -3.51. The Labute approximate surface area is 96.3 Å². The molecule has 0 bridgehead atoms. The van der Waals surface area contributed by atoms with E-state index in [1.165, 1.54) is 30.5 Å². The Hall–Kier alpha value is -1.44. The first-order valence-electron chi connectivity index (χ1n) is 4.22. The molecule has 2 rings (SSSR count). The summed E-state index contributed by atoms with van der Waals surface area (Å²) in [5.74, 6) is 0. The lowest BCUT2D eigenvalue weighted by atomic mass is 10.3. The van der Waals surface area contributed by atoms with Crippen molar-refractivity contribution in [3.63, 3.8) is 0 Å². The fourth-order valence-electron chi connectivity index (χ4n) is 1.13. The fraction of sp³-hybridized carbons (Fsp3) is 0. The van der Waals surface area contributed by atoms with Crippen LogP contribution in [-0.4, -0.2) is 18.6 Å². The van der Waals surface area contributed by atoms with Crippen molar-refractivity contribution >= 4 is 26.9 Å². The Bertz CT molecular complexity index is 561. The lowest BCUT2D eigenvalue weighted by Gasteiger charge is -2.02. The van der Waals surface area contributed by atoms with Crippen molar-refractivity contribution in [1.82, 2.24) is 4.98 Å². The van der Waals surface area contributed by atoms with Gasteiger partial charge in [-0.2, -0.15) is 0 Å². The first kappa shape index (κ1) is 11.1. The van der Waals surface area contributed by atoms with Crippen LogP contribution >= 0.6 is 11.3 Å². The number of aromatic nitrogens is 1. The average Bonchev–Trinajstić information content (AvgIpc) is 2.83. The molecule has 0 aliphatic carbocycles. The molecule has 5 nitrogen and oxygen atoms in total. The molecule has 7 heteroatoms. The summed E-state index contributed by atoms with van der Waals surface area (Å²) < 4.78 is 24.1. The molecule has 1 heterocycles. The predicted octanol–water partition coefficient (Wildman–Crippen LogP) is 1.58. The van der Waals surface area contributed by atoms with Gasteiger partial charge in [-0.25, -0.2) is 13.4 Å². The van der Waals surface area contributed by atoms with E-state index in [-0.39, 0.29) is 9.10 Å². The van der Waals surface area contributed by atoms with E-state index < -0.39 is 9.84 Å². The van der Waals surface area contributed by atoms with Crippen LogP contribution in [-0.2, 0) is 9.84 Å². The van der Waals surface area contributed by atoms with Crippen LogP contribution in [0, 0.1) is 5.51 Å². The first-order chi connectivity index (χ1) is 7.64. The first-order valence-corrected chi connectivity index (χ1v) is 6.51. The summed E-state index contributed by atoms with van der Waals surface area (Å²) in [7, 11) is -3.51. The molecule has 1 radical (unpaired) electrons. The third-order valence-corrected chi connectivity index (χ3v) is 4.87. The number of hydrogen-bond acceptors (Lipinski definition) is 6. The minimum Gasteiger partial charge on any atom is -0.291 e. The monoisotopic (exact) mass is 255 g/mol. The zero-order chi connectivity index (χ0) is 11.6. The molecule has 0 fully saturated rings. The molecule has 16 heavy (non-hydrogen) atoms. The number of rotatable bonds is 3. The molecule has 0 unspecified atom stereocenters. The van der Waals surface area contributed by atoms with E-state index >= 15 is 0 Å². The van der Waals surface area contributed by atoms with Crippen LogP contribution in [0.2, 0.25) is 0 Å². The molecular formula is C9H7N2O3S2. The normalized spacial score (nSPS) is 11.3. The summed E-state index contributed by atoms with van der Waals surface area (Å²) >= 11 is 0.946. The number of sulfone groups is 1. The summed E-state index contributed by atoms with van der Waals surface area (Å²) in [4.78, 5) is 3.77. The molecule has 2 aromatic rings. The molecule has 1 aromatic carbocycles. The zero-order valence-corrected chi connectivity index (χ0v) is 9.55. The molecule has 0 saturated heterocycles. The van der Waals surface area contributed by atoms with Crippen molar-refractivity contribution in [1.29, 1.82) is 0 Å². The third-order valence-electron chi connectivity index (χ3n) is 1.93. The number of hydrogen-bond donors (Lipinski definition) is 2. The van der Waals surface area contributed by atoms with Gasteiger partial charge in [0, 0.05) is 0 Å². The van der Waals surface area contributed by atoms with E-state index in [1.54, 1.807) is 0 Å². The minimum absolute atomic E-state index is 0.150. The van der Waals surface area contributed by atoms with Gasteiger partial charge in [0.2, 0.25) is 9.84 Å². The quantitative estimate of drug-likeness (QED) is 0.814. The Balaban J connectivity index is 2.44. The lowest BCUT2D eigenvalue weighted by Crippen LogP contribution is -1.99. The van der Waals surface area contributed by atoms with E-state index in [1.807, 2.05) is 5.48 Å². The number of benzene rings is 1. The molecule has 0 aliphatic heterocycles. The molecular weight excluding hydrogens is 248 g/mol. The fourth-order valence-corrected chi connectivity index (χ4v) is 3.18. The van der Waals surface area contributed by atoms with Crippen molar-refractivity contribution in [2.75, 3.05) is 5.48 Å². The maximum absolute atomic E-state index is 12.0. The van der Waals surface area contributed by atoms with E-state index in [0.29, 0.717) is 5.69 Å². The van der Waals surface area contributed by atoms with Gasteiger partial charge in [0.1, 0.15) is 4.21 Å². The third kappa shape index (κ3) is 1.92. The highest BCUT2D eigenvalue weighted by Crippen LogP contribution is 2.24. The van der Waals surface area contributed by atoms with Gasteiger partial charge in [-0.3, -0.25) is 10.7 Å². The highest BCUT2D eigenvalue weighted by Gasteiger charge is 2.18. The molecule has 1 aromatic heterocycles. The van der Waals surface area contributed by atoms with Crippen molar-refractivity contribution in [3.8, 4) is 0 Å². The predicted molar refractivity (Wildman–Crippen MR) is 58.3 cm³/mol. The summed E-state index contributed by atoms with van der Waals surface area (Å²) in [5, 5.41) is 8.60. The van der Waals surface area contributed by atoms with E-state index in [9.17, 15) is 8.42 Å². The van der Waals surface area contributed by atoms with Crippen molar-refractivity contribution in [3.05, 3.63) is 36.0 Å². The highest BCUT2D eigenvalue weighted by molar-refractivity contribution is 7.93. The second kappa shape index (κ2) is 4.20. The van der Waals surface area contributed by atoms with Gasteiger partial charge in [0.15, 0.2) is 5.51 Å². The van der Waals surface area contributed by atoms with Gasteiger partial charge < -0.3 is 0 Å². The van der Waals surface area contributed by atoms with E-state index in [0.717, 1.165) is 11.3 Å². The molecule has 0 spiro atoms. The zero-order valence-electron chi connectivity index (χ0n) is 7.91. The largest absolute Gasteiger partial charge is 0.291 e. The van der Waals surface area contributed by atoms with Gasteiger partial charge in [0.05, 0.1) is 16.8 Å². The van der Waals surface area contributed by atoms with Crippen LogP contribution in [0.15, 0.2) is 39.6 Å². The molecule has 2 N–H and O–H groups in total. The molecule has 83 valence electrons. The maximum atomic E-state index is 12.0. The van der Waals surface area contributed by atoms with Crippen LogP contribution in [0.1, 0.15) is 0 Å². The average molecular weight is 255 g/mol. The molecule has 0 saturated carbocycles. The summed E-state index contributed by atoms with van der Waals surface area (Å²) in [6, 6.07) is 5.76. The van der Waals surface area contributed by atoms with Crippen LogP contribution in [0.25, 0.3) is 0 Å². The Morgan fingerprint density at radius 3 is 2.50 bits per heavy atom. The number of nitrogens with one attached hydrogen (secondary N) is 1. The Morgan fingerprint density at radius 2 is 2.00 bits per heavy atom. The summed E-state index contributed by atoms with van der Waals surface area (Å²) in [6.07, 6.45) is 1.26. The molecule has 0 aliphatic rings. The van der Waals surface area contributed by atoms with E-state index in [2.05, 4.69) is 10.5 Å². The van der Waals surface area contributed by atoms with Crippen molar-refractivity contribution < 1.29 is 13.6 Å². The Kier molecular flexibility index (Phi) is 2.90. The van der Waals surface area contributed by atoms with Gasteiger partial charge >= 0.3 is 0 Å². The van der Waals surface area contributed by atoms with Crippen LogP contribution in [0.4, 0.5) is 5.69 Å². The summed E-state index contributed by atoms with van der Waals surface area (Å²) in [6.45, 7) is 0. The topological polar surface area (TPSA) is 79.3 Å². The van der Waals surface area contributed by atoms with Gasteiger partial charge in [-0.05, 0) is 24.3 Å². The van der Waals surface area contributed by atoms with Crippen molar-refractivity contribution in [2.45, 2.75) is 9.10 Å². The van der Waals surface area contributed by atoms with Crippen molar-refractivity contribution in [2.24, 2.45) is 0 Å². The SMILES string of the molecule is O=S(=O)(c1ccc(NO)cc1)c1cn[c]s1. The lowest BCUT2D eigenvalue weighted by molar-refractivity contribution is 0.389. The number of thiazole rings is 1. The second-order valence-electron chi connectivity index (χ2n) is 2.91. The standard InChI is InChI=1S/C9H7N2O3S2/c12-11-7-1-3-8(4-2-7)16(13,14)9-5-10-6-15-9/h1-5,11-12H. The molecule has 0 atom stereocenters. The van der Waals surface area contributed by atoms with E-state index in [4.69, 9.17) is 5.21 Å². The second-order valence-corrected chi connectivity index (χ2v) is 5.91. The number of anilines is 1. The maximum Gasteiger partial charge on any atom is 0.217 e. The van der Waals surface area contributed by atoms with Crippen LogP contribution in [0.3, 0.4) is 0 Å². The Morgan fingerprint density at radius 1 is 1.31 bits per heavy atom. The van der Waals surface area contributed by atoms with Crippen LogP contribution < -0.4 is 5.48 Å². The number of nitrogens with zero attached hydrogens (tertiary/aromatic N) is 1. The van der Waals surface area contributed by atoms with Gasteiger partial charge in [-0.15, -0.1) is 0 Å². The van der Waals surface area contributed by atoms with Gasteiger partial charge in [-0.1, -0.05) is 11.3 Å². The van der Waals surface area contributed by atoms with Gasteiger partial charge in [0.25, 0.3) is 0 Å². The smallest absolute Gasteiger partial charge is 0.217 e.